The number of hydrogen-bond acceptors (Lipinski definition) is 14. The second-order valence-corrected chi connectivity index (χ2v) is 14.1. The van der Waals surface area contributed by atoms with Crippen LogP contribution < -0.4 is 5.46 Å². The standard InChI is InChI=1S/C45H31BN4O11/c46-29-25(33(52)39(58)41(60)37(29)56)28-32(51)30-26(34(53)36(28)55)27-31(38(57)42(61)40(59)35(27)54)50(30)24-17-16-22(18-23(24)19-10-4-1-5-11-19)45-48-43(20-12-6-2-7-13-20)47-44(49-45)21-14-8-3-9-15-21/h1-18,51-61H,46H2. The first-order valence-electron chi connectivity index (χ1n) is 18.4. The lowest BCUT2D eigenvalue weighted by Gasteiger charge is -2.20. The topological polar surface area (TPSA) is 266 Å². The van der Waals surface area contributed by atoms with Gasteiger partial charge in [0, 0.05) is 27.8 Å². The molecule has 0 unspecified atom stereocenters. The Morgan fingerprint density at radius 1 is 0.361 bits per heavy atom. The van der Waals surface area contributed by atoms with Crippen molar-refractivity contribution in [2.24, 2.45) is 0 Å². The molecule has 0 fully saturated rings. The molecule has 7 aromatic carbocycles. The molecule has 0 amide bonds. The Kier molecular flexibility index (Phi) is 8.64. The van der Waals surface area contributed by atoms with Crippen molar-refractivity contribution in [2.75, 3.05) is 0 Å². The van der Waals surface area contributed by atoms with E-state index in [0.717, 1.165) is 15.7 Å². The number of aromatic hydroxyl groups is 11. The summed E-state index contributed by atoms with van der Waals surface area (Å²) in [5.74, 6) is -10.9. The molecule has 0 saturated carbocycles. The molecule has 15 nitrogen and oxygen atoms in total. The molecular formula is C45H31BN4O11. The molecule has 0 radical (unpaired) electrons. The maximum Gasteiger partial charge on any atom is 0.206 e. The van der Waals surface area contributed by atoms with Crippen molar-refractivity contribution in [1.29, 1.82) is 0 Å². The predicted molar refractivity (Wildman–Crippen MR) is 228 cm³/mol. The van der Waals surface area contributed by atoms with E-state index in [4.69, 9.17) is 15.0 Å². The first-order chi connectivity index (χ1) is 29.3. The fourth-order valence-electron chi connectivity index (χ4n) is 7.66. The molecule has 0 spiro atoms. The Labute approximate surface area is 344 Å². The maximum absolute atomic E-state index is 12.3. The van der Waals surface area contributed by atoms with Crippen molar-refractivity contribution in [1.82, 2.24) is 19.5 Å². The highest BCUT2D eigenvalue weighted by atomic mass is 16.4. The maximum atomic E-state index is 12.3. The summed E-state index contributed by atoms with van der Waals surface area (Å²) in [5, 5.41) is 122. The number of phenolic OH excluding ortho intramolecular Hbond substituents is 11. The van der Waals surface area contributed by atoms with Crippen LogP contribution in [0.25, 0.3) is 83.9 Å². The van der Waals surface area contributed by atoms with Gasteiger partial charge in [0.2, 0.25) is 23.0 Å². The van der Waals surface area contributed by atoms with Crippen LogP contribution in [-0.4, -0.2) is 83.5 Å². The van der Waals surface area contributed by atoms with Crippen molar-refractivity contribution in [2.45, 2.75) is 0 Å². The quantitative estimate of drug-likeness (QED) is 0.0498. The van der Waals surface area contributed by atoms with Crippen LogP contribution in [0, 0.1) is 0 Å². The number of rotatable bonds is 6. The molecule has 0 atom stereocenters. The number of nitrogens with zero attached hydrogens (tertiary/aromatic N) is 4. The van der Waals surface area contributed by atoms with Crippen LogP contribution in [0.5, 0.6) is 63.2 Å². The van der Waals surface area contributed by atoms with E-state index < -0.39 is 96.2 Å². The SMILES string of the molecule is Bc1c(O)c(O)c(O)c(O)c1-c1c(O)c(O)c2c3c(O)c(O)c(O)c(O)c3n(-c3ccc(-c4nc(-c5ccccc5)nc(-c5ccccc5)n4)cc3-c3ccccc3)c2c1O. The number of hydrogen-bond donors (Lipinski definition) is 11. The summed E-state index contributed by atoms with van der Waals surface area (Å²) in [5.41, 5.74) is 0.264. The van der Waals surface area contributed by atoms with Gasteiger partial charge in [0.1, 0.15) is 18.9 Å². The number of aromatic nitrogens is 4. The number of fused-ring (bicyclic) bond motifs is 3. The summed E-state index contributed by atoms with van der Waals surface area (Å²) in [6.07, 6.45) is 0. The molecule has 0 bridgehead atoms. The van der Waals surface area contributed by atoms with Crippen molar-refractivity contribution in [3.8, 4) is 125 Å². The van der Waals surface area contributed by atoms with E-state index in [9.17, 15) is 56.2 Å². The fourth-order valence-corrected chi connectivity index (χ4v) is 7.66. The monoisotopic (exact) mass is 814 g/mol. The zero-order valence-electron chi connectivity index (χ0n) is 31.6. The van der Waals surface area contributed by atoms with Gasteiger partial charge in [-0.25, -0.2) is 15.0 Å². The van der Waals surface area contributed by atoms with Gasteiger partial charge in [-0.1, -0.05) is 91.0 Å². The van der Waals surface area contributed by atoms with E-state index in [1.165, 1.54) is 7.85 Å². The highest BCUT2D eigenvalue weighted by molar-refractivity contribution is 6.39. The number of phenols is 11. The molecule has 2 aromatic heterocycles. The molecule has 0 aliphatic heterocycles. The normalized spacial score (nSPS) is 11.4. The lowest BCUT2D eigenvalue weighted by Crippen LogP contribution is -2.09. The van der Waals surface area contributed by atoms with Crippen LogP contribution in [0.1, 0.15) is 0 Å². The first kappa shape index (κ1) is 37.8. The van der Waals surface area contributed by atoms with E-state index in [1.807, 2.05) is 60.7 Å². The van der Waals surface area contributed by atoms with Gasteiger partial charge >= 0.3 is 0 Å². The lowest BCUT2D eigenvalue weighted by molar-refractivity contribution is 0.348. The molecule has 11 N–H and O–H groups in total. The summed E-state index contributed by atoms with van der Waals surface area (Å²) in [4.78, 5) is 14.5. The van der Waals surface area contributed by atoms with Gasteiger partial charge in [-0.15, -0.1) is 0 Å². The summed E-state index contributed by atoms with van der Waals surface area (Å²) in [7, 11) is 1.19. The van der Waals surface area contributed by atoms with Crippen LogP contribution >= 0.6 is 0 Å². The predicted octanol–water partition coefficient (Wildman–Crippen LogP) is 6.32. The molecule has 16 heteroatoms. The molecule has 9 aromatic rings. The zero-order chi connectivity index (χ0) is 43.0. The van der Waals surface area contributed by atoms with E-state index in [-0.39, 0.29) is 17.0 Å². The molecule has 0 aliphatic rings. The number of benzene rings is 7. The van der Waals surface area contributed by atoms with Gasteiger partial charge in [0.25, 0.3) is 0 Å². The molecule has 9 rings (SSSR count). The molecular weight excluding hydrogens is 783 g/mol. The van der Waals surface area contributed by atoms with Crippen LogP contribution in [-0.2, 0) is 0 Å². The lowest BCUT2D eigenvalue weighted by atomic mass is 9.83. The minimum absolute atomic E-state index is 0.110. The second kappa shape index (κ2) is 14.0. The van der Waals surface area contributed by atoms with Gasteiger partial charge in [-0.2, -0.15) is 0 Å². The van der Waals surface area contributed by atoms with E-state index in [0.29, 0.717) is 28.3 Å². The van der Waals surface area contributed by atoms with E-state index >= 15 is 0 Å². The highest BCUT2D eigenvalue weighted by Crippen LogP contribution is 2.61. The van der Waals surface area contributed by atoms with Crippen molar-refractivity contribution >= 4 is 35.1 Å². The largest absolute Gasteiger partial charge is 0.505 e. The van der Waals surface area contributed by atoms with Crippen molar-refractivity contribution in [3.63, 3.8) is 0 Å². The van der Waals surface area contributed by atoms with Gasteiger partial charge < -0.3 is 60.7 Å². The Balaban J connectivity index is 1.42. The van der Waals surface area contributed by atoms with E-state index in [2.05, 4.69) is 0 Å². The Bertz CT molecular complexity index is 3190. The summed E-state index contributed by atoms with van der Waals surface area (Å²) in [6.45, 7) is 0. The minimum atomic E-state index is -1.21. The van der Waals surface area contributed by atoms with Crippen LogP contribution in [0.15, 0.2) is 109 Å². The van der Waals surface area contributed by atoms with Gasteiger partial charge in [-0.3, -0.25) is 0 Å². The molecule has 0 saturated heterocycles. The smallest absolute Gasteiger partial charge is 0.206 e. The minimum Gasteiger partial charge on any atom is -0.505 e. The van der Waals surface area contributed by atoms with Crippen LogP contribution in [0.3, 0.4) is 0 Å². The zero-order valence-corrected chi connectivity index (χ0v) is 31.6. The Hall–Kier alpha value is -8.79. The average molecular weight is 815 g/mol. The summed E-state index contributed by atoms with van der Waals surface area (Å²) < 4.78 is 1.15. The third kappa shape index (κ3) is 5.65. The first-order valence-corrected chi connectivity index (χ1v) is 18.4. The second-order valence-electron chi connectivity index (χ2n) is 14.1. The van der Waals surface area contributed by atoms with Crippen LogP contribution in [0.2, 0.25) is 0 Å². The summed E-state index contributed by atoms with van der Waals surface area (Å²) in [6, 6.07) is 32.3. The average Bonchev–Trinajstić information content (AvgIpc) is 3.66. The molecule has 300 valence electrons. The van der Waals surface area contributed by atoms with Crippen molar-refractivity contribution in [3.05, 3.63) is 109 Å². The highest BCUT2D eigenvalue weighted by Gasteiger charge is 2.35. The summed E-state index contributed by atoms with van der Waals surface area (Å²) >= 11 is 0. The molecule has 0 aliphatic carbocycles. The van der Waals surface area contributed by atoms with E-state index in [1.54, 1.807) is 48.5 Å². The van der Waals surface area contributed by atoms with Gasteiger partial charge in [0.15, 0.2) is 57.7 Å². The van der Waals surface area contributed by atoms with Crippen molar-refractivity contribution < 1.29 is 56.2 Å². The Morgan fingerprint density at radius 3 is 1.31 bits per heavy atom. The van der Waals surface area contributed by atoms with Gasteiger partial charge in [-0.05, 0) is 29.2 Å². The fraction of sp³-hybridized carbons (Fsp3) is 0. The third-order valence-electron chi connectivity index (χ3n) is 10.6. The van der Waals surface area contributed by atoms with Crippen LogP contribution in [0.4, 0.5) is 0 Å². The molecule has 2 heterocycles. The van der Waals surface area contributed by atoms with Gasteiger partial charge in [0.05, 0.1) is 22.0 Å². The molecule has 61 heavy (non-hydrogen) atoms. The third-order valence-corrected chi connectivity index (χ3v) is 10.6. The Morgan fingerprint density at radius 2 is 0.770 bits per heavy atom.